The number of benzene rings is 1. The molecule has 0 N–H and O–H groups in total. The molecular formula is C13H14O2. The van der Waals surface area contributed by atoms with E-state index in [-0.39, 0.29) is 5.92 Å². The van der Waals surface area contributed by atoms with Gasteiger partial charge < -0.3 is 9.53 Å². The molecule has 1 aliphatic rings. The van der Waals surface area contributed by atoms with Crippen LogP contribution >= 0.6 is 0 Å². The van der Waals surface area contributed by atoms with Crippen molar-refractivity contribution >= 4 is 12.4 Å². The third-order valence-electron chi connectivity index (χ3n) is 2.64. The molecule has 1 aromatic rings. The van der Waals surface area contributed by atoms with Gasteiger partial charge in [0.1, 0.15) is 6.29 Å². The average Bonchev–Trinajstić information content (AvgIpc) is 2.68. The molecule has 2 nitrogen and oxygen atoms in total. The van der Waals surface area contributed by atoms with Crippen LogP contribution in [0.5, 0.6) is 0 Å². The first-order valence-electron chi connectivity index (χ1n) is 5.17. The average molecular weight is 202 g/mol. The Morgan fingerprint density at radius 1 is 1.33 bits per heavy atom. The van der Waals surface area contributed by atoms with Crippen LogP contribution in [0.25, 0.3) is 6.08 Å². The molecule has 1 fully saturated rings. The summed E-state index contributed by atoms with van der Waals surface area (Å²) in [5.41, 5.74) is 2.40. The lowest BCUT2D eigenvalue weighted by atomic mass is 9.98. The van der Waals surface area contributed by atoms with E-state index in [1.54, 1.807) is 0 Å². The summed E-state index contributed by atoms with van der Waals surface area (Å²) in [4.78, 5) is 10.5. The Morgan fingerprint density at radius 2 is 2.13 bits per heavy atom. The maximum atomic E-state index is 10.5. The van der Waals surface area contributed by atoms with Crippen LogP contribution in [0.15, 0.2) is 35.9 Å². The van der Waals surface area contributed by atoms with E-state index in [9.17, 15) is 4.79 Å². The van der Waals surface area contributed by atoms with Gasteiger partial charge in [-0.1, -0.05) is 36.4 Å². The minimum atomic E-state index is 0.280. The summed E-state index contributed by atoms with van der Waals surface area (Å²) >= 11 is 0. The Hall–Kier alpha value is -1.41. The first kappa shape index (κ1) is 10.1. The van der Waals surface area contributed by atoms with Crippen LogP contribution in [-0.4, -0.2) is 19.5 Å². The van der Waals surface area contributed by atoms with Crippen molar-refractivity contribution in [3.05, 3.63) is 41.5 Å². The fourth-order valence-corrected chi connectivity index (χ4v) is 1.80. The fourth-order valence-electron chi connectivity index (χ4n) is 1.80. The summed E-state index contributed by atoms with van der Waals surface area (Å²) < 4.78 is 5.37. The monoisotopic (exact) mass is 202 g/mol. The Labute approximate surface area is 89.6 Å². The van der Waals surface area contributed by atoms with Gasteiger partial charge in [0.15, 0.2) is 0 Å². The zero-order chi connectivity index (χ0) is 10.5. The molecule has 0 saturated carbocycles. The second-order valence-corrected chi connectivity index (χ2v) is 3.74. The minimum absolute atomic E-state index is 0.280. The van der Waals surface area contributed by atoms with Gasteiger partial charge in [0.25, 0.3) is 0 Å². The molecule has 1 aromatic carbocycles. The predicted molar refractivity (Wildman–Crippen MR) is 59.4 cm³/mol. The molecule has 1 unspecified atom stereocenters. The van der Waals surface area contributed by atoms with Crippen LogP contribution in [0.1, 0.15) is 12.0 Å². The molecule has 78 valence electrons. The van der Waals surface area contributed by atoms with E-state index < -0.39 is 0 Å². The van der Waals surface area contributed by atoms with Crippen molar-refractivity contribution in [1.82, 2.24) is 0 Å². The molecule has 0 aromatic heterocycles. The molecule has 0 spiro atoms. The van der Waals surface area contributed by atoms with Crippen LogP contribution in [-0.2, 0) is 9.53 Å². The summed E-state index contributed by atoms with van der Waals surface area (Å²) in [7, 11) is 0. The molecule has 1 heterocycles. The quantitative estimate of drug-likeness (QED) is 0.703. The number of rotatable bonds is 3. The molecule has 0 bridgehead atoms. The van der Waals surface area contributed by atoms with Gasteiger partial charge >= 0.3 is 0 Å². The molecule has 1 aliphatic heterocycles. The first-order valence-corrected chi connectivity index (χ1v) is 5.17. The predicted octanol–water partition coefficient (Wildman–Crippen LogP) is 2.31. The lowest BCUT2D eigenvalue weighted by Crippen LogP contribution is -2.02. The number of ether oxygens (including phenoxy) is 1. The molecule has 0 aliphatic carbocycles. The third-order valence-corrected chi connectivity index (χ3v) is 2.64. The molecule has 15 heavy (non-hydrogen) atoms. The first-order chi connectivity index (χ1) is 7.40. The van der Waals surface area contributed by atoms with Crippen molar-refractivity contribution < 1.29 is 9.53 Å². The second-order valence-electron chi connectivity index (χ2n) is 3.74. The zero-order valence-electron chi connectivity index (χ0n) is 8.56. The van der Waals surface area contributed by atoms with Gasteiger partial charge in [-0.05, 0) is 11.1 Å². The molecule has 2 heteroatoms. The Bertz CT molecular complexity index is 354. The van der Waals surface area contributed by atoms with Crippen LogP contribution in [0.2, 0.25) is 0 Å². The van der Waals surface area contributed by atoms with Gasteiger partial charge in [-0.2, -0.15) is 0 Å². The number of carbonyl (C=O) groups is 1. The van der Waals surface area contributed by atoms with Crippen LogP contribution in [0, 0.1) is 5.92 Å². The molecular weight excluding hydrogens is 188 g/mol. The van der Waals surface area contributed by atoms with E-state index in [0.29, 0.717) is 19.6 Å². The molecule has 2 rings (SSSR count). The van der Waals surface area contributed by atoms with E-state index in [0.717, 1.165) is 6.29 Å². The van der Waals surface area contributed by atoms with Crippen LogP contribution < -0.4 is 0 Å². The summed E-state index contributed by atoms with van der Waals surface area (Å²) in [6, 6.07) is 10.1. The number of hydrogen-bond acceptors (Lipinski definition) is 2. The third kappa shape index (κ3) is 2.54. The molecule has 0 radical (unpaired) electrons. The standard InChI is InChI=1S/C13H14O2/c14-7-6-12-9-15-10-13(12)8-11-4-2-1-3-5-11/h1-5,7-8,12H,6,9-10H2/b13-8+. The van der Waals surface area contributed by atoms with Gasteiger partial charge in [0.05, 0.1) is 13.2 Å². The normalized spacial score (nSPS) is 23.2. The van der Waals surface area contributed by atoms with E-state index in [2.05, 4.69) is 18.2 Å². The van der Waals surface area contributed by atoms with Crippen LogP contribution in [0.4, 0.5) is 0 Å². The lowest BCUT2D eigenvalue weighted by molar-refractivity contribution is -0.108. The van der Waals surface area contributed by atoms with Gasteiger partial charge in [-0.3, -0.25) is 0 Å². The van der Waals surface area contributed by atoms with Gasteiger partial charge in [-0.15, -0.1) is 0 Å². The smallest absolute Gasteiger partial charge is 0.120 e. The van der Waals surface area contributed by atoms with Crippen molar-refractivity contribution in [1.29, 1.82) is 0 Å². The van der Waals surface area contributed by atoms with Crippen molar-refractivity contribution in [2.45, 2.75) is 6.42 Å². The number of aldehydes is 1. The highest BCUT2D eigenvalue weighted by atomic mass is 16.5. The van der Waals surface area contributed by atoms with E-state index in [1.807, 2.05) is 18.2 Å². The molecule has 0 amide bonds. The second kappa shape index (κ2) is 4.89. The summed E-state index contributed by atoms with van der Waals surface area (Å²) in [5, 5.41) is 0. The van der Waals surface area contributed by atoms with Gasteiger partial charge in [-0.25, -0.2) is 0 Å². The Morgan fingerprint density at radius 3 is 2.87 bits per heavy atom. The topological polar surface area (TPSA) is 26.3 Å². The molecule has 1 saturated heterocycles. The fraction of sp³-hybridized carbons (Fsp3) is 0.308. The summed E-state index contributed by atoms with van der Waals surface area (Å²) in [6.45, 7) is 1.34. The zero-order valence-corrected chi connectivity index (χ0v) is 8.56. The highest BCUT2D eigenvalue weighted by Crippen LogP contribution is 2.24. The number of hydrogen-bond donors (Lipinski definition) is 0. The SMILES string of the molecule is O=CCC1COC/C1=C\c1ccccc1. The van der Waals surface area contributed by atoms with Gasteiger partial charge in [0.2, 0.25) is 0 Å². The lowest BCUT2D eigenvalue weighted by Gasteiger charge is -2.05. The van der Waals surface area contributed by atoms with Crippen molar-refractivity contribution in [3.8, 4) is 0 Å². The summed E-state index contributed by atoms with van der Waals surface area (Å²) in [6.07, 6.45) is 3.66. The van der Waals surface area contributed by atoms with Crippen molar-refractivity contribution in [2.24, 2.45) is 5.92 Å². The van der Waals surface area contributed by atoms with Crippen molar-refractivity contribution in [3.63, 3.8) is 0 Å². The Balaban J connectivity index is 2.15. The molecule has 1 atom stereocenters. The maximum Gasteiger partial charge on any atom is 0.120 e. The maximum absolute atomic E-state index is 10.5. The van der Waals surface area contributed by atoms with E-state index >= 15 is 0 Å². The van der Waals surface area contributed by atoms with Gasteiger partial charge in [0, 0.05) is 12.3 Å². The minimum Gasteiger partial charge on any atom is -0.376 e. The number of carbonyl (C=O) groups excluding carboxylic acids is 1. The highest BCUT2D eigenvalue weighted by Gasteiger charge is 2.20. The Kier molecular flexibility index (Phi) is 3.30. The van der Waals surface area contributed by atoms with Crippen molar-refractivity contribution in [2.75, 3.05) is 13.2 Å². The van der Waals surface area contributed by atoms with E-state index in [4.69, 9.17) is 4.74 Å². The highest BCUT2D eigenvalue weighted by molar-refractivity contribution is 5.57. The largest absolute Gasteiger partial charge is 0.376 e. The van der Waals surface area contributed by atoms with Crippen LogP contribution in [0.3, 0.4) is 0 Å². The summed E-state index contributed by atoms with van der Waals surface area (Å²) in [5.74, 6) is 0.280. The van der Waals surface area contributed by atoms with E-state index in [1.165, 1.54) is 11.1 Å².